The van der Waals surface area contributed by atoms with Gasteiger partial charge in [-0.2, -0.15) is 5.10 Å². The second-order valence-corrected chi connectivity index (χ2v) is 7.73. The van der Waals surface area contributed by atoms with Crippen LogP contribution in [0.4, 0.5) is 0 Å². The summed E-state index contributed by atoms with van der Waals surface area (Å²) in [5.41, 5.74) is 3.26. The number of benzene rings is 2. The van der Waals surface area contributed by atoms with E-state index in [1.54, 1.807) is 11.6 Å². The minimum absolute atomic E-state index is 0.254. The van der Waals surface area contributed by atoms with Crippen molar-refractivity contribution in [2.45, 2.75) is 20.4 Å². The number of hydrogen-bond donors (Lipinski definition) is 1. The van der Waals surface area contributed by atoms with Crippen LogP contribution in [0, 0.1) is 13.8 Å². The van der Waals surface area contributed by atoms with Gasteiger partial charge in [0.1, 0.15) is 17.5 Å². The number of ether oxygens (including phenoxy) is 1. The van der Waals surface area contributed by atoms with Gasteiger partial charge in [-0.1, -0.05) is 63.4 Å². The summed E-state index contributed by atoms with van der Waals surface area (Å²) in [5.74, 6) is 0.485. The quantitative estimate of drug-likeness (QED) is 0.514. The van der Waals surface area contributed by atoms with Gasteiger partial charge in [-0.3, -0.25) is 4.79 Å². The van der Waals surface area contributed by atoms with Crippen molar-refractivity contribution < 1.29 is 9.53 Å². The zero-order chi connectivity index (χ0) is 20.1. The summed E-state index contributed by atoms with van der Waals surface area (Å²) in [7, 11) is 0. The van der Waals surface area contributed by atoms with Crippen LogP contribution in [-0.2, 0) is 6.54 Å². The highest BCUT2D eigenvalue weighted by Gasteiger charge is 2.20. The lowest BCUT2D eigenvalue weighted by Gasteiger charge is -2.08. The van der Waals surface area contributed by atoms with Crippen LogP contribution in [0.3, 0.4) is 0 Å². The molecule has 1 aromatic heterocycles. The average molecular weight is 463 g/mol. The van der Waals surface area contributed by atoms with Gasteiger partial charge in [-0.25, -0.2) is 4.68 Å². The summed E-state index contributed by atoms with van der Waals surface area (Å²) in [6, 6.07) is 15.7. The first-order valence-corrected chi connectivity index (χ1v) is 10.1. The van der Waals surface area contributed by atoms with Gasteiger partial charge in [-0.05, 0) is 37.6 Å². The van der Waals surface area contributed by atoms with Crippen LogP contribution in [0.2, 0.25) is 5.15 Å². The van der Waals surface area contributed by atoms with Gasteiger partial charge in [0.15, 0.2) is 0 Å². The van der Waals surface area contributed by atoms with E-state index < -0.39 is 0 Å². The first-order chi connectivity index (χ1) is 13.4. The zero-order valence-electron chi connectivity index (χ0n) is 15.7. The molecule has 0 bridgehead atoms. The molecule has 5 nitrogen and oxygen atoms in total. The smallest absolute Gasteiger partial charge is 0.256 e. The molecule has 1 N–H and O–H groups in total. The van der Waals surface area contributed by atoms with Gasteiger partial charge in [0, 0.05) is 4.47 Å². The molecule has 2 aromatic carbocycles. The van der Waals surface area contributed by atoms with Gasteiger partial charge < -0.3 is 10.1 Å². The molecule has 0 unspecified atom stereocenters. The van der Waals surface area contributed by atoms with E-state index in [-0.39, 0.29) is 5.91 Å². The minimum atomic E-state index is -0.254. The Morgan fingerprint density at radius 2 is 1.96 bits per heavy atom. The summed E-state index contributed by atoms with van der Waals surface area (Å²) in [6.45, 7) is 5.06. The summed E-state index contributed by atoms with van der Waals surface area (Å²) in [6.07, 6.45) is 0. The number of rotatable bonds is 7. The SMILES string of the molecule is Cc1ccc(Cn2nc(C)c(C(=O)NCCOc3cccc(Br)c3)c2Cl)cc1. The normalized spacial score (nSPS) is 10.7. The lowest BCUT2D eigenvalue weighted by molar-refractivity contribution is 0.0946. The number of amides is 1. The second-order valence-electron chi connectivity index (χ2n) is 6.46. The van der Waals surface area contributed by atoms with Crippen LogP contribution in [0.15, 0.2) is 53.0 Å². The molecule has 1 amide bonds. The summed E-state index contributed by atoms with van der Waals surface area (Å²) >= 11 is 9.83. The third kappa shape index (κ3) is 5.14. The van der Waals surface area contributed by atoms with Crippen molar-refractivity contribution in [3.05, 3.63) is 80.5 Å². The Hall–Kier alpha value is -2.31. The second kappa shape index (κ2) is 9.26. The van der Waals surface area contributed by atoms with E-state index in [1.165, 1.54) is 5.56 Å². The number of carbonyl (C=O) groups excluding carboxylic acids is 1. The van der Waals surface area contributed by atoms with Gasteiger partial charge in [-0.15, -0.1) is 0 Å². The maximum absolute atomic E-state index is 12.6. The molecular formula is C21H21BrClN3O2. The molecule has 7 heteroatoms. The van der Waals surface area contributed by atoms with E-state index in [4.69, 9.17) is 16.3 Å². The Morgan fingerprint density at radius 1 is 1.21 bits per heavy atom. The van der Waals surface area contributed by atoms with Crippen LogP contribution in [0.1, 0.15) is 27.2 Å². The number of nitrogens with zero attached hydrogens (tertiary/aromatic N) is 2. The van der Waals surface area contributed by atoms with Crippen molar-refractivity contribution in [1.82, 2.24) is 15.1 Å². The Kier molecular flexibility index (Phi) is 6.75. The minimum Gasteiger partial charge on any atom is -0.492 e. The molecule has 0 aliphatic carbocycles. The van der Waals surface area contributed by atoms with E-state index in [2.05, 4.69) is 26.3 Å². The van der Waals surface area contributed by atoms with Crippen LogP contribution in [0.25, 0.3) is 0 Å². The van der Waals surface area contributed by atoms with Gasteiger partial charge >= 0.3 is 0 Å². The van der Waals surface area contributed by atoms with E-state index in [0.29, 0.717) is 36.1 Å². The van der Waals surface area contributed by atoms with Crippen LogP contribution >= 0.6 is 27.5 Å². The van der Waals surface area contributed by atoms with Crippen molar-refractivity contribution in [3.8, 4) is 5.75 Å². The van der Waals surface area contributed by atoms with Gasteiger partial charge in [0.25, 0.3) is 5.91 Å². The van der Waals surface area contributed by atoms with Crippen molar-refractivity contribution >= 4 is 33.4 Å². The Balaban J connectivity index is 1.59. The number of carbonyl (C=O) groups is 1. The van der Waals surface area contributed by atoms with Crippen molar-refractivity contribution in [2.24, 2.45) is 0 Å². The molecule has 0 atom stereocenters. The molecule has 3 rings (SSSR count). The van der Waals surface area contributed by atoms with Crippen molar-refractivity contribution in [2.75, 3.05) is 13.2 Å². The molecule has 1 heterocycles. The molecular weight excluding hydrogens is 442 g/mol. The molecule has 28 heavy (non-hydrogen) atoms. The van der Waals surface area contributed by atoms with E-state index in [0.717, 1.165) is 15.8 Å². The fraction of sp³-hybridized carbons (Fsp3) is 0.238. The fourth-order valence-corrected chi connectivity index (χ4v) is 3.46. The maximum atomic E-state index is 12.6. The molecule has 0 aliphatic heterocycles. The standard InChI is InChI=1S/C21H21BrClN3O2/c1-14-6-8-16(9-7-14)13-26-20(23)19(15(2)25-26)21(27)24-10-11-28-18-5-3-4-17(22)12-18/h3-9,12H,10-11,13H2,1-2H3,(H,24,27). The molecule has 146 valence electrons. The molecule has 0 fully saturated rings. The third-order valence-electron chi connectivity index (χ3n) is 4.20. The highest BCUT2D eigenvalue weighted by atomic mass is 79.9. The molecule has 0 spiro atoms. The lowest BCUT2D eigenvalue weighted by atomic mass is 10.1. The van der Waals surface area contributed by atoms with E-state index >= 15 is 0 Å². The summed E-state index contributed by atoms with van der Waals surface area (Å²) in [4.78, 5) is 12.6. The predicted molar refractivity (Wildman–Crippen MR) is 114 cm³/mol. The first kappa shape index (κ1) is 20.4. The van der Waals surface area contributed by atoms with Gasteiger partial charge in [0.2, 0.25) is 0 Å². The Labute approximate surface area is 177 Å². The van der Waals surface area contributed by atoms with E-state index in [1.807, 2.05) is 55.5 Å². The summed E-state index contributed by atoms with van der Waals surface area (Å²) in [5, 5.41) is 7.60. The number of halogens is 2. The number of hydrogen-bond acceptors (Lipinski definition) is 3. The largest absolute Gasteiger partial charge is 0.492 e. The molecule has 0 saturated heterocycles. The topological polar surface area (TPSA) is 56.2 Å². The van der Waals surface area contributed by atoms with Crippen LogP contribution < -0.4 is 10.1 Å². The highest BCUT2D eigenvalue weighted by Crippen LogP contribution is 2.21. The molecule has 3 aromatic rings. The number of nitrogens with one attached hydrogen (secondary N) is 1. The lowest BCUT2D eigenvalue weighted by Crippen LogP contribution is -2.28. The predicted octanol–water partition coefficient (Wildman–Crippen LogP) is 4.77. The monoisotopic (exact) mass is 461 g/mol. The fourth-order valence-electron chi connectivity index (χ4n) is 2.76. The summed E-state index contributed by atoms with van der Waals surface area (Å²) < 4.78 is 8.22. The molecule has 0 aliphatic rings. The van der Waals surface area contributed by atoms with Crippen LogP contribution in [0.5, 0.6) is 5.75 Å². The first-order valence-electron chi connectivity index (χ1n) is 8.89. The van der Waals surface area contributed by atoms with E-state index in [9.17, 15) is 4.79 Å². The van der Waals surface area contributed by atoms with Crippen LogP contribution in [-0.4, -0.2) is 28.8 Å². The van der Waals surface area contributed by atoms with Crippen molar-refractivity contribution in [1.29, 1.82) is 0 Å². The maximum Gasteiger partial charge on any atom is 0.256 e. The highest BCUT2D eigenvalue weighted by molar-refractivity contribution is 9.10. The number of aryl methyl sites for hydroxylation is 2. The Morgan fingerprint density at radius 3 is 2.68 bits per heavy atom. The molecule has 0 saturated carbocycles. The van der Waals surface area contributed by atoms with Gasteiger partial charge in [0.05, 0.1) is 24.3 Å². The number of aromatic nitrogens is 2. The van der Waals surface area contributed by atoms with Crippen molar-refractivity contribution in [3.63, 3.8) is 0 Å². The average Bonchev–Trinajstić information content (AvgIpc) is 2.94. The molecule has 0 radical (unpaired) electrons. The zero-order valence-corrected chi connectivity index (χ0v) is 18.0. The third-order valence-corrected chi connectivity index (χ3v) is 5.08. The Bertz CT molecular complexity index is 970.